The molecular formula is C58H62N4O4. The highest BCUT2D eigenvalue weighted by Crippen LogP contribution is 2.30. The molecule has 0 spiro atoms. The fourth-order valence-electron chi connectivity index (χ4n) is 7.50. The van der Waals surface area contributed by atoms with Gasteiger partial charge in [-0.15, -0.1) is 20.4 Å². The minimum atomic E-state index is 0.385. The lowest BCUT2D eigenvalue weighted by Gasteiger charge is -2.06. The normalized spacial score (nSPS) is 10.8. The van der Waals surface area contributed by atoms with Gasteiger partial charge in [0.1, 0.15) is 11.5 Å². The molecule has 7 aromatic rings. The Hall–Kier alpha value is -6.90. The molecule has 7 rings (SSSR count). The lowest BCUT2D eigenvalue weighted by Crippen LogP contribution is -1.97. The summed E-state index contributed by atoms with van der Waals surface area (Å²) in [5.41, 5.74) is 6.72. The SMILES string of the molecule is CCCCCCCCCCOc1ccc(C#Cc2ccc(-c3nnc(-c4cccc(-c5nnc(-c6ccc(C#Cc7ccc(OCCCCCCCCCC)cc7)cc6)o5)c4)o3)cc2)cc1. The van der Waals surface area contributed by atoms with E-state index >= 15 is 0 Å². The largest absolute Gasteiger partial charge is 0.494 e. The number of hydrogen-bond donors (Lipinski definition) is 0. The highest BCUT2D eigenvalue weighted by Gasteiger charge is 2.15. The molecule has 0 unspecified atom stereocenters. The summed E-state index contributed by atoms with van der Waals surface area (Å²) < 4.78 is 24.1. The molecule has 0 radical (unpaired) electrons. The number of aromatic nitrogens is 4. The third-order valence-electron chi connectivity index (χ3n) is 11.4. The smallest absolute Gasteiger partial charge is 0.248 e. The average molecular weight is 879 g/mol. The molecule has 0 fully saturated rings. The molecule has 0 saturated heterocycles. The van der Waals surface area contributed by atoms with Crippen LogP contribution >= 0.6 is 0 Å². The lowest BCUT2D eigenvalue weighted by molar-refractivity contribution is 0.304. The van der Waals surface area contributed by atoms with Gasteiger partial charge in [-0.05, 0) is 128 Å². The summed E-state index contributed by atoms with van der Waals surface area (Å²) in [6.07, 6.45) is 20.6. The second-order valence-corrected chi connectivity index (χ2v) is 16.8. The molecule has 5 aromatic carbocycles. The summed E-state index contributed by atoms with van der Waals surface area (Å²) in [7, 11) is 0. The summed E-state index contributed by atoms with van der Waals surface area (Å²) in [5, 5.41) is 17.3. The van der Waals surface area contributed by atoms with Crippen molar-refractivity contribution in [3.8, 4) is 81.0 Å². The average Bonchev–Trinajstić information content (AvgIpc) is 4.07. The van der Waals surface area contributed by atoms with E-state index in [1.165, 1.54) is 89.9 Å². The molecule has 0 N–H and O–H groups in total. The Labute approximate surface area is 391 Å². The zero-order valence-corrected chi connectivity index (χ0v) is 38.7. The molecule has 66 heavy (non-hydrogen) atoms. The van der Waals surface area contributed by atoms with Crippen molar-refractivity contribution in [2.45, 2.75) is 117 Å². The summed E-state index contributed by atoms with van der Waals surface area (Å²) in [4.78, 5) is 0. The molecule has 0 aliphatic carbocycles. The molecule has 0 aliphatic rings. The predicted molar refractivity (Wildman–Crippen MR) is 265 cm³/mol. The van der Waals surface area contributed by atoms with Crippen molar-refractivity contribution >= 4 is 0 Å². The van der Waals surface area contributed by atoms with Gasteiger partial charge in [-0.25, -0.2) is 0 Å². The molecule has 8 heteroatoms. The molecule has 0 bridgehead atoms. The van der Waals surface area contributed by atoms with Crippen molar-refractivity contribution in [1.82, 2.24) is 20.4 Å². The maximum Gasteiger partial charge on any atom is 0.248 e. The summed E-state index contributed by atoms with van der Waals surface area (Å²) >= 11 is 0. The van der Waals surface area contributed by atoms with E-state index in [0.717, 1.165) is 82.1 Å². The van der Waals surface area contributed by atoms with Crippen molar-refractivity contribution in [1.29, 1.82) is 0 Å². The van der Waals surface area contributed by atoms with Gasteiger partial charge in [0, 0.05) is 44.5 Å². The van der Waals surface area contributed by atoms with E-state index in [0.29, 0.717) is 23.6 Å². The number of unbranched alkanes of at least 4 members (excludes halogenated alkanes) is 14. The van der Waals surface area contributed by atoms with Crippen LogP contribution in [-0.2, 0) is 0 Å². The van der Waals surface area contributed by atoms with Crippen molar-refractivity contribution in [3.05, 3.63) is 144 Å². The molecule has 0 amide bonds. The number of hydrogen-bond acceptors (Lipinski definition) is 8. The lowest BCUT2D eigenvalue weighted by atomic mass is 10.1. The van der Waals surface area contributed by atoms with Crippen molar-refractivity contribution in [3.63, 3.8) is 0 Å². The predicted octanol–water partition coefficient (Wildman–Crippen LogP) is 15.0. The fraction of sp³-hybridized carbons (Fsp3) is 0.345. The number of ether oxygens (including phenoxy) is 2. The van der Waals surface area contributed by atoms with Crippen LogP contribution in [0.2, 0.25) is 0 Å². The molecular weight excluding hydrogens is 817 g/mol. The minimum absolute atomic E-state index is 0.385. The highest BCUT2D eigenvalue weighted by molar-refractivity contribution is 5.66. The maximum atomic E-state index is 6.11. The Bertz CT molecular complexity index is 2440. The first kappa shape index (κ1) is 47.1. The van der Waals surface area contributed by atoms with E-state index in [1.807, 2.05) is 121 Å². The van der Waals surface area contributed by atoms with Crippen LogP contribution < -0.4 is 9.47 Å². The van der Waals surface area contributed by atoms with Crippen LogP contribution in [-0.4, -0.2) is 33.6 Å². The van der Waals surface area contributed by atoms with E-state index in [1.54, 1.807) is 0 Å². The van der Waals surface area contributed by atoms with E-state index in [4.69, 9.17) is 18.3 Å². The third-order valence-corrected chi connectivity index (χ3v) is 11.4. The highest BCUT2D eigenvalue weighted by atomic mass is 16.5. The zero-order valence-electron chi connectivity index (χ0n) is 38.7. The topological polar surface area (TPSA) is 96.3 Å². The van der Waals surface area contributed by atoms with Gasteiger partial charge in [-0.3, -0.25) is 0 Å². The van der Waals surface area contributed by atoms with E-state index in [-0.39, 0.29) is 0 Å². The van der Waals surface area contributed by atoms with Gasteiger partial charge in [0.15, 0.2) is 0 Å². The van der Waals surface area contributed by atoms with Crippen LogP contribution in [0.15, 0.2) is 130 Å². The second-order valence-electron chi connectivity index (χ2n) is 16.8. The maximum absolute atomic E-state index is 6.11. The second kappa shape index (κ2) is 26.2. The van der Waals surface area contributed by atoms with Gasteiger partial charge < -0.3 is 18.3 Å². The van der Waals surface area contributed by atoms with Gasteiger partial charge in [0.25, 0.3) is 0 Å². The first-order valence-electron chi connectivity index (χ1n) is 24.1. The molecule has 8 nitrogen and oxygen atoms in total. The van der Waals surface area contributed by atoms with E-state index < -0.39 is 0 Å². The molecule has 0 saturated carbocycles. The van der Waals surface area contributed by atoms with Gasteiger partial charge in [0.2, 0.25) is 23.6 Å². The van der Waals surface area contributed by atoms with Crippen molar-refractivity contribution < 1.29 is 18.3 Å². The van der Waals surface area contributed by atoms with Crippen LogP contribution in [0.5, 0.6) is 11.5 Å². The summed E-state index contributed by atoms with van der Waals surface area (Å²) in [5.74, 6) is 16.4. The Morgan fingerprint density at radius 3 is 1.00 bits per heavy atom. The Balaban J connectivity index is 0.862. The van der Waals surface area contributed by atoms with Gasteiger partial charge >= 0.3 is 0 Å². The van der Waals surface area contributed by atoms with Crippen LogP contribution in [0.25, 0.3) is 45.8 Å². The number of rotatable bonds is 24. The Morgan fingerprint density at radius 1 is 0.348 bits per heavy atom. The van der Waals surface area contributed by atoms with Crippen LogP contribution in [0.1, 0.15) is 139 Å². The zero-order chi connectivity index (χ0) is 45.4. The first-order chi connectivity index (χ1) is 32.6. The minimum Gasteiger partial charge on any atom is -0.494 e. The summed E-state index contributed by atoms with van der Waals surface area (Å²) in [6, 6.07) is 39.2. The standard InChI is InChI=1S/C58H62N4O4/c1-3-5-7-9-11-13-15-17-42-63-53-38-30-47(31-39-53)24-22-45-26-34-49(35-27-45)55-59-61-57(65-55)51-20-19-21-52(44-51)58-62-60-56(66-58)50-36-28-46(29-37-50)23-25-48-32-40-54(41-33-48)64-43-18-16-14-12-10-8-6-4-2/h19-21,26-41,44H,3-18,42-43H2,1-2H3. The Morgan fingerprint density at radius 2 is 0.652 bits per heavy atom. The number of benzene rings is 5. The van der Waals surface area contributed by atoms with E-state index in [2.05, 4.69) is 57.9 Å². The molecule has 338 valence electrons. The number of nitrogens with zero attached hydrogens (tertiary/aromatic N) is 4. The first-order valence-corrected chi connectivity index (χ1v) is 24.1. The molecule has 2 heterocycles. The quantitative estimate of drug-likeness (QED) is 0.0437. The van der Waals surface area contributed by atoms with Crippen LogP contribution in [0, 0.1) is 23.7 Å². The Kier molecular flexibility index (Phi) is 18.7. The van der Waals surface area contributed by atoms with E-state index in [9.17, 15) is 0 Å². The van der Waals surface area contributed by atoms with Crippen molar-refractivity contribution in [2.75, 3.05) is 13.2 Å². The van der Waals surface area contributed by atoms with Crippen LogP contribution in [0.4, 0.5) is 0 Å². The fourth-order valence-corrected chi connectivity index (χ4v) is 7.50. The van der Waals surface area contributed by atoms with Gasteiger partial charge in [-0.1, -0.05) is 133 Å². The van der Waals surface area contributed by atoms with Gasteiger partial charge in [-0.2, -0.15) is 0 Å². The third kappa shape index (κ3) is 15.1. The monoisotopic (exact) mass is 878 g/mol. The van der Waals surface area contributed by atoms with Crippen molar-refractivity contribution in [2.24, 2.45) is 0 Å². The molecule has 0 aliphatic heterocycles. The van der Waals surface area contributed by atoms with Crippen LogP contribution in [0.3, 0.4) is 0 Å². The molecule has 0 atom stereocenters. The summed E-state index contributed by atoms with van der Waals surface area (Å²) in [6.45, 7) is 6.02. The molecule has 2 aromatic heterocycles. The van der Waals surface area contributed by atoms with Gasteiger partial charge in [0.05, 0.1) is 13.2 Å².